The smallest absolute Gasteiger partial charge is 0.407 e. The molecule has 19 heteroatoms. The fraction of sp³-hybridized carbons (Fsp3) is 0.420. The van der Waals surface area contributed by atoms with Gasteiger partial charge in [0.25, 0.3) is 17.4 Å². The number of aliphatic hydroxyl groups is 1. The van der Waals surface area contributed by atoms with Crippen LogP contribution in [0.4, 0.5) is 14.9 Å². The second-order valence-electron chi connectivity index (χ2n) is 18.3. The number of hydrogen-bond donors (Lipinski definition) is 5. The van der Waals surface area contributed by atoms with E-state index in [0.29, 0.717) is 82.3 Å². The number of esters is 1. The summed E-state index contributed by atoms with van der Waals surface area (Å²) in [4.78, 5) is 109. The molecule has 1 aliphatic carbocycles. The highest BCUT2D eigenvalue weighted by Gasteiger charge is 2.46. The van der Waals surface area contributed by atoms with Crippen molar-refractivity contribution in [1.82, 2.24) is 30.4 Å². The van der Waals surface area contributed by atoms with E-state index >= 15 is 4.39 Å². The quantitative estimate of drug-likeness (QED) is 0.0522. The number of carbonyl (C=O) groups is 7. The predicted molar refractivity (Wildman–Crippen MR) is 247 cm³/mol. The van der Waals surface area contributed by atoms with E-state index < -0.39 is 59.0 Å². The Balaban J connectivity index is 0.867. The summed E-state index contributed by atoms with van der Waals surface area (Å²) in [7, 11) is 0. The lowest BCUT2D eigenvalue weighted by Crippen LogP contribution is -2.53. The van der Waals surface area contributed by atoms with Gasteiger partial charge >= 0.3 is 12.1 Å². The molecule has 362 valence electrons. The molecule has 0 unspecified atom stereocenters. The summed E-state index contributed by atoms with van der Waals surface area (Å²) in [6, 6.07) is 7.03. The zero-order chi connectivity index (χ0) is 49.5. The Morgan fingerprint density at radius 1 is 0.957 bits per heavy atom. The molecule has 6 amide bonds. The normalized spacial score (nSPS) is 18.6. The van der Waals surface area contributed by atoms with E-state index in [0.717, 1.165) is 10.5 Å². The molecule has 0 bridgehead atoms. The molecule has 5 N–H and O–H groups in total. The molecular weight excluding hydrogens is 894 g/mol. The summed E-state index contributed by atoms with van der Waals surface area (Å²) in [6.07, 6.45) is 4.31. The third-order valence-corrected chi connectivity index (χ3v) is 13.5. The first kappa shape index (κ1) is 48.2. The lowest BCUT2D eigenvalue weighted by molar-refractivity contribution is -0.172. The minimum Gasteiger partial charge on any atom is -0.458 e. The molecule has 4 aliphatic rings. The molecule has 5 heterocycles. The number of pyridine rings is 2. The molecule has 2 aromatic carbocycles. The van der Waals surface area contributed by atoms with Gasteiger partial charge in [0.05, 0.1) is 35.1 Å². The molecule has 69 heavy (non-hydrogen) atoms. The number of fused-ring (bicyclic) bond motifs is 5. The van der Waals surface area contributed by atoms with E-state index in [1.807, 2.05) is 0 Å². The number of unbranched alkanes of at least 4 members (excludes halogenated alkanes) is 2. The first-order valence-electron chi connectivity index (χ1n) is 23.2. The molecular formula is C50H54FN7O11. The van der Waals surface area contributed by atoms with E-state index in [2.05, 4.69) is 21.3 Å². The van der Waals surface area contributed by atoms with Gasteiger partial charge in [-0.25, -0.2) is 19.0 Å². The standard InChI is InChI=1S/C50H54FN7O11/c1-6-50(67)33-20-37-44-31(22-58(37)47(64)32(33)24-68-48(50)65)42-35(16-15-30-26(4)34(51)21-36(54-44)41(30)42)55-49(66)69-23-28-11-13-29(14-12-28)53-45(62)27(5)52-46(63)43(25(2)3)56-38(59)10-8-7-9-19-57-39(60)17-18-40(57)61/h11-14,17-18,20-21,25,27,35,43,67H,6-10,15-16,19,22-24H2,1-5H3,(H,52,63)(H,53,62)(H,55,66)(H,56,59)/t27-,35-,43-,50-/m0/s1. The third kappa shape index (κ3) is 9.34. The third-order valence-electron chi connectivity index (χ3n) is 13.5. The molecule has 0 saturated heterocycles. The van der Waals surface area contributed by atoms with Crippen molar-refractivity contribution >= 4 is 58.2 Å². The monoisotopic (exact) mass is 947 g/mol. The molecule has 4 atom stereocenters. The van der Waals surface area contributed by atoms with E-state index in [4.69, 9.17) is 14.5 Å². The number of carbonyl (C=O) groups excluding carboxylic acids is 7. The maximum Gasteiger partial charge on any atom is 0.407 e. The molecule has 4 aromatic rings. The Kier molecular flexibility index (Phi) is 13.5. The van der Waals surface area contributed by atoms with Gasteiger partial charge in [-0.3, -0.25) is 33.7 Å². The largest absolute Gasteiger partial charge is 0.458 e. The van der Waals surface area contributed by atoms with Crippen molar-refractivity contribution in [3.8, 4) is 11.4 Å². The number of nitrogens with one attached hydrogen (secondary N) is 4. The minimum absolute atomic E-state index is 0.0291. The summed E-state index contributed by atoms with van der Waals surface area (Å²) in [5.41, 5.74) is 2.48. The van der Waals surface area contributed by atoms with E-state index in [9.17, 15) is 43.5 Å². The Labute approximate surface area is 396 Å². The van der Waals surface area contributed by atoms with Gasteiger partial charge in [-0.15, -0.1) is 0 Å². The number of halogens is 1. The van der Waals surface area contributed by atoms with Gasteiger partial charge in [0, 0.05) is 53.4 Å². The minimum atomic E-state index is -2.03. The van der Waals surface area contributed by atoms with Crippen LogP contribution in [0.25, 0.3) is 22.3 Å². The van der Waals surface area contributed by atoms with Crippen LogP contribution in [0.2, 0.25) is 0 Å². The van der Waals surface area contributed by atoms with Crippen molar-refractivity contribution < 1.29 is 52.5 Å². The number of rotatable bonds is 16. The second-order valence-corrected chi connectivity index (χ2v) is 18.3. The highest BCUT2D eigenvalue weighted by Crippen LogP contribution is 2.46. The van der Waals surface area contributed by atoms with Gasteiger partial charge in [-0.05, 0) is 92.3 Å². The second kappa shape index (κ2) is 19.4. The number of ether oxygens (including phenoxy) is 2. The lowest BCUT2D eigenvalue weighted by atomic mass is 9.81. The number of amides is 6. The van der Waals surface area contributed by atoms with Crippen molar-refractivity contribution in [2.75, 3.05) is 11.9 Å². The summed E-state index contributed by atoms with van der Waals surface area (Å²) >= 11 is 0. The summed E-state index contributed by atoms with van der Waals surface area (Å²) in [6.45, 7) is 8.31. The van der Waals surface area contributed by atoms with Crippen molar-refractivity contribution in [3.05, 3.63) is 104 Å². The Hall–Kier alpha value is -7.28. The average molecular weight is 948 g/mol. The average Bonchev–Trinajstić information content (AvgIpc) is 3.85. The number of aryl methyl sites for hydroxylation is 1. The highest BCUT2D eigenvalue weighted by molar-refractivity contribution is 6.12. The summed E-state index contributed by atoms with van der Waals surface area (Å²) in [5, 5.41) is 23.2. The number of anilines is 1. The summed E-state index contributed by atoms with van der Waals surface area (Å²) in [5.74, 6) is -3.64. The summed E-state index contributed by atoms with van der Waals surface area (Å²) < 4.78 is 27.7. The predicted octanol–water partition coefficient (Wildman–Crippen LogP) is 4.51. The van der Waals surface area contributed by atoms with E-state index in [-0.39, 0.29) is 73.9 Å². The molecule has 0 fully saturated rings. The Morgan fingerprint density at radius 2 is 1.68 bits per heavy atom. The topological polar surface area (TPSA) is 244 Å². The van der Waals surface area contributed by atoms with Crippen LogP contribution in [-0.2, 0) is 70.0 Å². The van der Waals surface area contributed by atoms with Crippen molar-refractivity contribution in [2.45, 2.75) is 123 Å². The Morgan fingerprint density at radius 3 is 2.38 bits per heavy atom. The van der Waals surface area contributed by atoms with E-state index in [1.54, 1.807) is 58.0 Å². The maximum absolute atomic E-state index is 15.4. The number of cyclic esters (lactones) is 1. The van der Waals surface area contributed by atoms with Gasteiger partial charge in [-0.1, -0.05) is 39.3 Å². The van der Waals surface area contributed by atoms with Crippen LogP contribution >= 0.6 is 0 Å². The number of benzene rings is 2. The molecule has 3 aliphatic heterocycles. The number of imide groups is 1. The number of aromatic nitrogens is 2. The molecule has 8 rings (SSSR count). The van der Waals surface area contributed by atoms with Gasteiger partial charge in [0.1, 0.15) is 31.1 Å². The molecule has 2 aromatic heterocycles. The zero-order valence-corrected chi connectivity index (χ0v) is 39.0. The van der Waals surface area contributed by atoms with Crippen LogP contribution in [0.1, 0.15) is 111 Å². The highest BCUT2D eigenvalue weighted by atomic mass is 19.1. The van der Waals surface area contributed by atoms with Crippen LogP contribution in [0, 0.1) is 18.7 Å². The van der Waals surface area contributed by atoms with Gasteiger partial charge in [0.15, 0.2) is 5.60 Å². The van der Waals surface area contributed by atoms with Crippen molar-refractivity contribution in [3.63, 3.8) is 0 Å². The van der Waals surface area contributed by atoms with Crippen LogP contribution < -0.4 is 26.8 Å². The lowest BCUT2D eigenvalue weighted by Gasteiger charge is -2.31. The molecule has 18 nitrogen and oxygen atoms in total. The molecule has 0 spiro atoms. The van der Waals surface area contributed by atoms with Gasteiger partial charge in [0.2, 0.25) is 17.7 Å². The first-order valence-corrected chi connectivity index (χ1v) is 23.2. The SMILES string of the molecule is CC[C@@]1(O)C(=O)OCc2c1cc1n(c2=O)Cc2c-1nc1cc(F)c(C)c3c1c2[C@@H](NC(=O)OCc1ccc(NC(=O)[C@H](C)NC(=O)[C@@H](NC(=O)CCCCCN2C(=O)C=CC2=O)C(C)C)cc1)CC3. The van der Waals surface area contributed by atoms with Gasteiger partial charge in [-0.2, -0.15) is 0 Å². The number of hydrogen-bond acceptors (Lipinski definition) is 12. The van der Waals surface area contributed by atoms with Crippen LogP contribution in [0.3, 0.4) is 0 Å². The number of nitrogens with zero attached hydrogens (tertiary/aromatic N) is 3. The molecule has 0 radical (unpaired) electrons. The van der Waals surface area contributed by atoms with Crippen molar-refractivity contribution in [2.24, 2.45) is 5.92 Å². The fourth-order valence-electron chi connectivity index (χ4n) is 9.50. The van der Waals surface area contributed by atoms with Crippen LogP contribution in [0.5, 0.6) is 0 Å². The maximum atomic E-state index is 15.4. The Bertz CT molecular complexity index is 2890. The van der Waals surface area contributed by atoms with E-state index in [1.165, 1.54) is 29.7 Å². The number of alkyl carbamates (subject to hydrolysis) is 1. The van der Waals surface area contributed by atoms with Gasteiger partial charge < -0.3 is 40.4 Å². The van der Waals surface area contributed by atoms with Crippen LogP contribution in [-0.4, -0.2) is 79.8 Å². The molecule has 0 saturated carbocycles. The first-order chi connectivity index (χ1) is 32.9. The fourth-order valence-corrected chi connectivity index (χ4v) is 9.50. The zero-order valence-electron chi connectivity index (χ0n) is 39.0. The van der Waals surface area contributed by atoms with Crippen LogP contribution in [0.15, 0.2) is 53.3 Å². The van der Waals surface area contributed by atoms with Crippen molar-refractivity contribution in [1.29, 1.82) is 0 Å².